The first kappa shape index (κ1) is 17.0. The molecule has 4 heteroatoms. The largest absolute Gasteiger partial charge is 0.416 e. The van der Waals surface area contributed by atoms with Gasteiger partial charge < -0.3 is 5.32 Å². The molecule has 1 aromatic carbocycles. The zero-order valence-corrected chi connectivity index (χ0v) is 12.9. The van der Waals surface area contributed by atoms with Gasteiger partial charge in [0.05, 0.1) is 5.56 Å². The Labute approximate surface area is 119 Å². The van der Waals surface area contributed by atoms with Crippen molar-refractivity contribution in [2.75, 3.05) is 0 Å². The van der Waals surface area contributed by atoms with E-state index in [0.29, 0.717) is 5.56 Å². The summed E-state index contributed by atoms with van der Waals surface area (Å²) in [6.07, 6.45) is -3.42. The van der Waals surface area contributed by atoms with Gasteiger partial charge in [-0.2, -0.15) is 13.2 Å². The molecule has 0 saturated heterocycles. The van der Waals surface area contributed by atoms with Crippen LogP contribution >= 0.6 is 0 Å². The average molecular weight is 287 g/mol. The van der Waals surface area contributed by atoms with Crippen molar-refractivity contribution in [2.45, 2.75) is 59.3 Å². The fraction of sp³-hybridized carbons (Fsp3) is 0.625. The first-order chi connectivity index (χ1) is 8.91. The molecule has 0 aliphatic rings. The molecule has 0 aliphatic carbocycles. The highest BCUT2D eigenvalue weighted by Gasteiger charge is 2.33. The first-order valence-corrected chi connectivity index (χ1v) is 6.81. The third kappa shape index (κ3) is 5.53. The second-order valence-corrected chi connectivity index (χ2v) is 7.13. The Morgan fingerprint density at radius 3 is 2.00 bits per heavy atom. The molecule has 1 N–H and O–H groups in total. The number of rotatable bonds is 4. The van der Waals surface area contributed by atoms with Gasteiger partial charge in [0.2, 0.25) is 0 Å². The summed E-state index contributed by atoms with van der Waals surface area (Å²) < 4.78 is 38.7. The van der Waals surface area contributed by atoms with Crippen molar-refractivity contribution in [1.29, 1.82) is 0 Å². The van der Waals surface area contributed by atoms with Gasteiger partial charge in [-0.25, -0.2) is 0 Å². The average Bonchev–Trinajstić information content (AvgIpc) is 2.22. The molecule has 1 nitrogen and oxygen atoms in total. The second-order valence-electron chi connectivity index (χ2n) is 7.13. The van der Waals surface area contributed by atoms with Crippen LogP contribution in [-0.4, -0.2) is 5.54 Å². The van der Waals surface area contributed by atoms with Crippen LogP contribution < -0.4 is 5.32 Å². The van der Waals surface area contributed by atoms with Crippen molar-refractivity contribution < 1.29 is 13.2 Å². The van der Waals surface area contributed by atoms with Crippen molar-refractivity contribution in [3.8, 4) is 0 Å². The van der Waals surface area contributed by atoms with Crippen LogP contribution in [0.1, 0.15) is 52.2 Å². The van der Waals surface area contributed by atoms with Gasteiger partial charge in [0.1, 0.15) is 0 Å². The van der Waals surface area contributed by atoms with Crippen LogP contribution in [0.3, 0.4) is 0 Å². The van der Waals surface area contributed by atoms with Crippen LogP contribution in [0.5, 0.6) is 0 Å². The maximum atomic E-state index is 12.9. The van der Waals surface area contributed by atoms with E-state index < -0.39 is 11.7 Å². The third-order valence-corrected chi connectivity index (χ3v) is 3.05. The smallest absolute Gasteiger partial charge is 0.308 e. The predicted octanol–water partition coefficient (Wildman–Crippen LogP) is 5.01. The molecular weight excluding hydrogens is 263 g/mol. The first-order valence-electron chi connectivity index (χ1n) is 6.81. The Kier molecular flexibility index (Phi) is 4.90. The molecule has 0 radical (unpaired) electrons. The Bertz CT molecular complexity index is 442. The normalized spacial score (nSPS) is 13.6. The summed E-state index contributed by atoms with van der Waals surface area (Å²) in [5.74, 6) is 0. The van der Waals surface area contributed by atoms with Crippen molar-refractivity contribution in [2.24, 2.45) is 5.41 Å². The lowest BCUT2D eigenvalue weighted by Gasteiger charge is -2.34. The van der Waals surface area contributed by atoms with Gasteiger partial charge in [-0.15, -0.1) is 0 Å². The molecule has 0 spiro atoms. The van der Waals surface area contributed by atoms with E-state index in [-0.39, 0.29) is 17.5 Å². The summed E-state index contributed by atoms with van der Waals surface area (Å²) in [6.45, 7) is 10.6. The van der Waals surface area contributed by atoms with Crippen LogP contribution in [0.15, 0.2) is 24.3 Å². The van der Waals surface area contributed by atoms with Crippen LogP contribution in [-0.2, 0) is 12.7 Å². The summed E-state index contributed by atoms with van der Waals surface area (Å²) in [5, 5.41) is 3.24. The highest BCUT2D eigenvalue weighted by atomic mass is 19.4. The topological polar surface area (TPSA) is 12.0 Å². The lowest BCUT2D eigenvalue weighted by molar-refractivity contribution is -0.138. The van der Waals surface area contributed by atoms with Crippen molar-refractivity contribution >= 4 is 0 Å². The lowest BCUT2D eigenvalue weighted by Crippen LogP contribution is -2.42. The zero-order valence-electron chi connectivity index (χ0n) is 12.9. The number of halogens is 3. The van der Waals surface area contributed by atoms with Crippen LogP contribution in [0.4, 0.5) is 13.2 Å². The van der Waals surface area contributed by atoms with E-state index in [2.05, 4.69) is 26.1 Å². The number of hydrogen-bond donors (Lipinski definition) is 1. The molecule has 0 aliphatic heterocycles. The lowest BCUT2D eigenvalue weighted by atomic mass is 9.81. The Morgan fingerprint density at radius 1 is 0.950 bits per heavy atom. The fourth-order valence-electron chi connectivity index (χ4n) is 2.67. The van der Waals surface area contributed by atoms with Gasteiger partial charge in [0, 0.05) is 12.1 Å². The van der Waals surface area contributed by atoms with E-state index in [9.17, 15) is 13.2 Å². The molecule has 114 valence electrons. The summed E-state index contributed by atoms with van der Waals surface area (Å²) in [7, 11) is 0. The Balaban J connectivity index is 2.81. The second kappa shape index (κ2) is 5.76. The van der Waals surface area contributed by atoms with E-state index in [4.69, 9.17) is 0 Å². The van der Waals surface area contributed by atoms with Gasteiger partial charge >= 0.3 is 6.18 Å². The highest BCUT2D eigenvalue weighted by Crippen LogP contribution is 2.32. The van der Waals surface area contributed by atoms with Gasteiger partial charge in [0.15, 0.2) is 0 Å². The van der Waals surface area contributed by atoms with Gasteiger partial charge in [0.25, 0.3) is 0 Å². The Hall–Kier alpha value is -1.03. The molecule has 0 heterocycles. The SMILES string of the molecule is CC(C)(C)CC(C)(C)NCc1ccccc1C(F)(F)F. The number of benzene rings is 1. The molecule has 0 fully saturated rings. The number of nitrogens with one attached hydrogen (secondary N) is 1. The molecule has 20 heavy (non-hydrogen) atoms. The van der Waals surface area contributed by atoms with Gasteiger partial charge in [-0.05, 0) is 37.3 Å². The van der Waals surface area contributed by atoms with Crippen molar-refractivity contribution in [3.63, 3.8) is 0 Å². The zero-order chi connectivity index (χ0) is 15.6. The standard InChI is InChI=1S/C16H24F3N/c1-14(2,3)11-15(4,5)20-10-12-8-6-7-9-13(12)16(17,18)19/h6-9,20H,10-11H2,1-5H3. The molecule has 1 rings (SSSR count). The van der Waals surface area contributed by atoms with E-state index >= 15 is 0 Å². The van der Waals surface area contributed by atoms with Crippen LogP contribution in [0, 0.1) is 5.41 Å². The van der Waals surface area contributed by atoms with E-state index in [1.165, 1.54) is 12.1 Å². The summed E-state index contributed by atoms with van der Waals surface area (Å²) in [5.41, 5.74) is -0.349. The van der Waals surface area contributed by atoms with Crippen LogP contribution in [0.25, 0.3) is 0 Å². The maximum absolute atomic E-state index is 12.9. The van der Waals surface area contributed by atoms with Gasteiger partial charge in [-0.1, -0.05) is 39.0 Å². The predicted molar refractivity (Wildman–Crippen MR) is 76.4 cm³/mol. The molecule has 0 unspecified atom stereocenters. The molecule has 0 aromatic heterocycles. The maximum Gasteiger partial charge on any atom is 0.416 e. The van der Waals surface area contributed by atoms with Crippen molar-refractivity contribution in [1.82, 2.24) is 5.32 Å². The molecule has 0 amide bonds. The van der Waals surface area contributed by atoms with E-state index in [0.717, 1.165) is 12.5 Å². The minimum atomic E-state index is -4.30. The molecular formula is C16H24F3N. The van der Waals surface area contributed by atoms with Crippen molar-refractivity contribution in [3.05, 3.63) is 35.4 Å². The highest BCUT2D eigenvalue weighted by molar-refractivity contribution is 5.29. The summed E-state index contributed by atoms with van der Waals surface area (Å²) >= 11 is 0. The number of hydrogen-bond acceptors (Lipinski definition) is 1. The summed E-state index contributed by atoms with van der Waals surface area (Å²) in [4.78, 5) is 0. The molecule has 0 atom stereocenters. The molecule has 0 bridgehead atoms. The third-order valence-electron chi connectivity index (χ3n) is 3.05. The van der Waals surface area contributed by atoms with Crippen LogP contribution in [0.2, 0.25) is 0 Å². The monoisotopic (exact) mass is 287 g/mol. The minimum Gasteiger partial charge on any atom is -0.308 e. The number of alkyl halides is 3. The Morgan fingerprint density at radius 2 is 1.50 bits per heavy atom. The molecule has 1 aromatic rings. The molecule has 0 saturated carbocycles. The van der Waals surface area contributed by atoms with E-state index in [1.54, 1.807) is 6.07 Å². The summed E-state index contributed by atoms with van der Waals surface area (Å²) in [6, 6.07) is 5.73. The minimum absolute atomic E-state index is 0.125. The van der Waals surface area contributed by atoms with Gasteiger partial charge in [-0.3, -0.25) is 0 Å². The quantitative estimate of drug-likeness (QED) is 0.820. The van der Waals surface area contributed by atoms with E-state index in [1.807, 2.05) is 13.8 Å². The fourth-order valence-corrected chi connectivity index (χ4v) is 2.67.